The fraction of sp³-hybridized carbons (Fsp3) is 0.167. The number of rotatable bonds is 1. The van der Waals surface area contributed by atoms with Gasteiger partial charge in [0.2, 0.25) is 0 Å². The smallest absolute Gasteiger partial charge is 0.191 e. The van der Waals surface area contributed by atoms with Gasteiger partial charge in [0, 0.05) is 22.0 Å². The summed E-state index contributed by atoms with van der Waals surface area (Å²) in [4.78, 5) is 0. The minimum Gasteiger partial charge on any atom is -0.295 e. The van der Waals surface area contributed by atoms with Crippen molar-refractivity contribution in [2.75, 3.05) is 0 Å². The molecule has 2 rings (SSSR count). The first kappa shape index (κ1) is 12.4. The lowest BCUT2D eigenvalue weighted by Gasteiger charge is -2.26. The number of halogens is 4. The molecule has 0 radical (unpaired) electrons. The van der Waals surface area contributed by atoms with Crippen LogP contribution in [0.15, 0.2) is 40.7 Å². The second kappa shape index (κ2) is 4.31. The zero-order valence-corrected chi connectivity index (χ0v) is 10.3. The first-order valence-electron chi connectivity index (χ1n) is 4.92. The molecule has 1 nitrogen and oxygen atoms in total. The Morgan fingerprint density at radius 2 is 2.00 bits per heavy atom. The maximum absolute atomic E-state index is 14.0. The average molecular weight is 304 g/mol. The number of nitrogens with two attached hydrogens (primary N) is 1. The van der Waals surface area contributed by atoms with E-state index in [4.69, 9.17) is 5.73 Å². The Kier molecular flexibility index (Phi) is 3.14. The molecule has 1 aliphatic rings. The van der Waals surface area contributed by atoms with Crippen LogP contribution in [0.2, 0.25) is 0 Å². The molecule has 1 atom stereocenters. The van der Waals surface area contributed by atoms with Gasteiger partial charge in [0.25, 0.3) is 0 Å². The van der Waals surface area contributed by atoms with Crippen molar-refractivity contribution in [3.63, 3.8) is 0 Å². The van der Waals surface area contributed by atoms with Crippen molar-refractivity contribution in [3.05, 3.63) is 52.0 Å². The van der Waals surface area contributed by atoms with Crippen LogP contribution in [0.4, 0.5) is 13.2 Å². The topological polar surface area (TPSA) is 26.0 Å². The lowest BCUT2D eigenvalue weighted by molar-refractivity contribution is 0.250. The van der Waals surface area contributed by atoms with Gasteiger partial charge in [0.05, 0.1) is 0 Å². The van der Waals surface area contributed by atoms with Gasteiger partial charge >= 0.3 is 0 Å². The van der Waals surface area contributed by atoms with Crippen molar-refractivity contribution >= 4 is 21.5 Å². The third-order valence-corrected chi connectivity index (χ3v) is 3.03. The van der Waals surface area contributed by atoms with Gasteiger partial charge in [0.1, 0.15) is 11.6 Å². The van der Waals surface area contributed by atoms with E-state index in [9.17, 15) is 13.2 Å². The van der Waals surface area contributed by atoms with Crippen molar-refractivity contribution < 1.29 is 13.2 Å². The molecule has 2 N–H and O–H groups in total. The van der Waals surface area contributed by atoms with Crippen LogP contribution >= 0.6 is 15.9 Å². The summed E-state index contributed by atoms with van der Waals surface area (Å²) >= 11 is 3.08. The molecular weight excluding hydrogens is 295 g/mol. The van der Waals surface area contributed by atoms with Gasteiger partial charge < -0.3 is 0 Å². The molecule has 1 aliphatic carbocycles. The van der Waals surface area contributed by atoms with Gasteiger partial charge in [-0.15, -0.1) is 0 Å². The molecule has 1 aromatic rings. The summed E-state index contributed by atoms with van der Waals surface area (Å²) in [7, 11) is 0. The van der Waals surface area contributed by atoms with Crippen LogP contribution in [0.5, 0.6) is 0 Å². The van der Waals surface area contributed by atoms with E-state index in [2.05, 4.69) is 15.9 Å². The predicted molar refractivity (Wildman–Crippen MR) is 63.9 cm³/mol. The van der Waals surface area contributed by atoms with E-state index in [1.807, 2.05) is 0 Å². The van der Waals surface area contributed by atoms with Crippen molar-refractivity contribution in [1.82, 2.24) is 0 Å². The molecular formula is C12H9BrF3N. The zero-order chi connectivity index (χ0) is 12.6. The molecule has 0 amide bonds. The Morgan fingerprint density at radius 3 is 2.59 bits per heavy atom. The lowest BCUT2D eigenvalue weighted by Crippen LogP contribution is -2.37. The maximum Gasteiger partial charge on any atom is 0.191 e. The fourth-order valence-corrected chi connectivity index (χ4v) is 2.10. The van der Waals surface area contributed by atoms with E-state index in [1.54, 1.807) is 0 Å². The molecule has 0 aliphatic heterocycles. The van der Waals surface area contributed by atoms with Crippen molar-refractivity contribution in [1.29, 1.82) is 0 Å². The molecule has 0 saturated heterocycles. The van der Waals surface area contributed by atoms with E-state index in [-0.39, 0.29) is 12.0 Å². The van der Waals surface area contributed by atoms with Crippen molar-refractivity contribution in [2.24, 2.45) is 5.73 Å². The quantitative estimate of drug-likeness (QED) is 0.784. The van der Waals surface area contributed by atoms with E-state index >= 15 is 0 Å². The second-order valence-corrected chi connectivity index (χ2v) is 4.73. The lowest BCUT2D eigenvalue weighted by atomic mass is 9.90. The molecule has 0 heterocycles. The van der Waals surface area contributed by atoms with E-state index in [0.717, 1.165) is 12.1 Å². The Bertz CT molecular complexity index is 520. The SMILES string of the molecule is NC1(F)CC=CC(F)=C1c1ccc(Br)cc1F. The number of allylic oxidation sites excluding steroid dienone is 2. The standard InChI is InChI=1S/C12H9BrF3N/c13-7-3-4-8(10(15)6-7)11-9(14)2-1-5-12(11,16)17/h1-4,6H,5,17H2. The molecule has 1 aromatic carbocycles. The molecule has 0 bridgehead atoms. The Morgan fingerprint density at radius 1 is 1.29 bits per heavy atom. The van der Waals surface area contributed by atoms with Crippen molar-refractivity contribution in [3.8, 4) is 0 Å². The third-order valence-electron chi connectivity index (χ3n) is 2.53. The molecule has 0 spiro atoms. The molecule has 1 unspecified atom stereocenters. The van der Waals surface area contributed by atoms with Crippen LogP contribution in [0, 0.1) is 5.82 Å². The molecule has 5 heteroatoms. The summed E-state index contributed by atoms with van der Waals surface area (Å²) < 4.78 is 41.8. The normalized spacial score (nSPS) is 24.3. The van der Waals surface area contributed by atoms with Gasteiger partial charge in [-0.2, -0.15) is 0 Å². The number of benzene rings is 1. The van der Waals surface area contributed by atoms with Gasteiger partial charge in [-0.25, -0.2) is 13.2 Å². The van der Waals surface area contributed by atoms with E-state index < -0.39 is 23.0 Å². The summed E-state index contributed by atoms with van der Waals surface area (Å²) in [5, 5.41) is 0. The number of hydrogen-bond acceptors (Lipinski definition) is 1. The van der Waals surface area contributed by atoms with Crippen LogP contribution in [0.3, 0.4) is 0 Å². The van der Waals surface area contributed by atoms with E-state index in [0.29, 0.717) is 4.47 Å². The highest BCUT2D eigenvalue weighted by Gasteiger charge is 2.35. The van der Waals surface area contributed by atoms with Crippen LogP contribution in [0.1, 0.15) is 12.0 Å². The zero-order valence-electron chi connectivity index (χ0n) is 8.68. The summed E-state index contributed by atoms with van der Waals surface area (Å²) in [6.45, 7) is 0. The monoisotopic (exact) mass is 303 g/mol. The Balaban J connectivity index is 2.62. The highest BCUT2D eigenvalue weighted by atomic mass is 79.9. The second-order valence-electron chi connectivity index (χ2n) is 3.82. The highest BCUT2D eigenvalue weighted by Crippen LogP contribution is 2.38. The largest absolute Gasteiger partial charge is 0.295 e. The first-order valence-corrected chi connectivity index (χ1v) is 5.71. The molecule has 0 fully saturated rings. The molecule has 17 heavy (non-hydrogen) atoms. The third kappa shape index (κ3) is 2.30. The summed E-state index contributed by atoms with van der Waals surface area (Å²) in [5.74, 6) is -3.94. The maximum atomic E-state index is 14.0. The van der Waals surface area contributed by atoms with Gasteiger partial charge in [-0.3, -0.25) is 5.73 Å². The fourth-order valence-electron chi connectivity index (χ4n) is 1.76. The van der Waals surface area contributed by atoms with Crippen LogP contribution in [-0.2, 0) is 0 Å². The predicted octanol–water partition coefficient (Wildman–Crippen LogP) is 3.85. The van der Waals surface area contributed by atoms with Crippen LogP contribution < -0.4 is 5.73 Å². The van der Waals surface area contributed by atoms with Crippen LogP contribution in [-0.4, -0.2) is 5.79 Å². The van der Waals surface area contributed by atoms with E-state index in [1.165, 1.54) is 18.2 Å². The van der Waals surface area contributed by atoms with Crippen molar-refractivity contribution in [2.45, 2.75) is 12.2 Å². The molecule has 0 saturated carbocycles. The summed E-state index contributed by atoms with van der Waals surface area (Å²) in [5.41, 5.74) is 4.76. The number of hydrogen-bond donors (Lipinski definition) is 1. The minimum atomic E-state index is -2.38. The van der Waals surface area contributed by atoms with Crippen LogP contribution in [0.25, 0.3) is 5.57 Å². The average Bonchev–Trinajstić information content (AvgIpc) is 2.20. The Labute approximate surface area is 105 Å². The Hall–Kier alpha value is -1.07. The van der Waals surface area contributed by atoms with Gasteiger partial charge in [-0.05, 0) is 18.2 Å². The first-order chi connectivity index (χ1) is 7.92. The van der Waals surface area contributed by atoms with Gasteiger partial charge in [0.15, 0.2) is 5.79 Å². The number of alkyl halides is 1. The van der Waals surface area contributed by atoms with Gasteiger partial charge in [-0.1, -0.05) is 28.1 Å². The minimum absolute atomic E-state index is 0.153. The summed E-state index contributed by atoms with van der Waals surface area (Å²) in [6.07, 6.45) is 2.21. The summed E-state index contributed by atoms with van der Waals surface area (Å²) in [6, 6.07) is 3.95. The highest BCUT2D eigenvalue weighted by molar-refractivity contribution is 9.10. The molecule has 90 valence electrons. The molecule has 0 aromatic heterocycles.